The van der Waals surface area contributed by atoms with E-state index in [1.807, 2.05) is 6.07 Å². The second-order valence-corrected chi connectivity index (χ2v) is 4.95. The van der Waals surface area contributed by atoms with Gasteiger partial charge in [-0.15, -0.1) is 0 Å². The number of likely N-dealkylation sites (N-methyl/N-ethyl adjacent to an activating group) is 2. The minimum atomic E-state index is 0.278. The molecule has 0 bridgehead atoms. The number of hydrogen-bond donors (Lipinski definition) is 1. The number of aryl methyl sites for hydroxylation is 1. The molecule has 1 saturated heterocycles. The minimum absolute atomic E-state index is 0.278. The van der Waals surface area contributed by atoms with E-state index < -0.39 is 0 Å². The SMILES string of the molecule is CNC1(CCc2ccco2)CCCN(C)C1. The van der Waals surface area contributed by atoms with E-state index in [9.17, 15) is 0 Å². The molecule has 3 nitrogen and oxygen atoms in total. The Labute approximate surface area is 97.8 Å². The quantitative estimate of drug-likeness (QED) is 0.843. The highest BCUT2D eigenvalue weighted by Crippen LogP contribution is 2.25. The van der Waals surface area contributed by atoms with Crippen LogP contribution < -0.4 is 5.32 Å². The van der Waals surface area contributed by atoms with Crippen LogP contribution in [0.25, 0.3) is 0 Å². The van der Waals surface area contributed by atoms with Crippen LogP contribution in [0.5, 0.6) is 0 Å². The predicted octanol–water partition coefficient (Wildman–Crippen LogP) is 1.90. The molecular weight excluding hydrogens is 200 g/mol. The molecule has 1 fully saturated rings. The van der Waals surface area contributed by atoms with Gasteiger partial charge in [0.15, 0.2) is 0 Å². The molecule has 2 heterocycles. The Hall–Kier alpha value is -0.800. The van der Waals surface area contributed by atoms with Gasteiger partial charge in [0, 0.05) is 18.5 Å². The Kier molecular flexibility index (Phi) is 3.66. The van der Waals surface area contributed by atoms with Crippen LogP contribution in [0.4, 0.5) is 0 Å². The van der Waals surface area contributed by atoms with E-state index in [1.54, 1.807) is 6.26 Å². The molecule has 0 amide bonds. The molecule has 0 aliphatic carbocycles. The summed E-state index contributed by atoms with van der Waals surface area (Å²) in [5.74, 6) is 1.10. The summed E-state index contributed by atoms with van der Waals surface area (Å²) < 4.78 is 5.40. The van der Waals surface area contributed by atoms with Gasteiger partial charge in [-0.2, -0.15) is 0 Å². The molecule has 3 heteroatoms. The summed E-state index contributed by atoms with van der Waals surface area (Å²) in [5, 5.41) is 3.53. The highest BCUT2D eigenvalue weighted by molar-refractivity contribution is 5.02. The molecule has 1 aliphatic rings. The summed E-state index contributed by atoms with van der Waals surface area (Å²) in [6.07, 6.45) is 6.50. The Morgan fingerprint density at radius 1 is 1.56 bits per heavy atom. The Morgan fingerprint density at radius 2 is 2.44 bits per heavy atom. The lowest BCUT2D eigenvalue weighted by atomic mass is 9.84. The highest BCUT2D eigenvalue weighted by atomic mass is 16.3. The Bertz CT molecular complexity index is 310. The van der Waals surface area contributed by atoms with E-state index in [2.05, 4.69) is 30.4 Å². The number of piperidine rings is 1. The molecule has 0 saturated carbocycles. The van der Waals surface area contributed by atoms with E-state index in [1.165, 1.54) is 19.4 Å². The number of furan rings is 1. The van der Waals surface area contributed by atoms with Gasteiger partial charge in [-0.3, -0.25) is 0 Å². The lowest BCUT2D eigenvalue weighted by Crippen LogP contribution is -2.55. The van der Waals surface area contributed by atoms with Crippen molar-refractivity contribution in [2.24, 2.45) is 0 Å². The number of likely N-dealkylation sites (tertiary alicyclic amines) is 1. The monoisotopic (exact) mass is 222 g/mol. The van der Waals surface area contributed by atoms with E-state index >= 15 is 0 Å². The number of nitrogens with one attached hydrogen (secondary N) is 1. The third-order valence-corrected chi connectivity index (χ3v) is 3.73. The summed E-state index contributed by atoms with van der Waals surface area (Å²) in [6.45, 7) is 2.37. The van der Waals surface area contributed by atoms with Crippen LogP contribution in [0.1, 0.15) is 25.0 Å². The molecule has 1 aliphatic heterocycles. The van der Waals surface area contributed by atoms with Gasteiger partial charge in [0.25, 0.3) is 0 Å². The van der Waals surface area contributed by atoms with Crippen LogP contribution in [0.15, 0.2) is 22.8 Å². The summed E-state index contributed by atoms with van der Waals surface area (Å²) in [4.78, 5) is 2.42. The predicted molar refractivity (Wildman–Crippen MR) is 65.6 cm³/mol. The number of rotatable bonds is 4. The molecule has 1 atom stereocenters. The molecule has 90 valence electrons. The average Bonchev–Trinajstić information content (AvgIpc) is 2.79. The lowest BCUT2D eigenvalue weighted by molar-refractivity contribution is 0.142. The molecule has 1 unspecified atom stereocenters. The number of hydrogen-bond acceptors (Lipinski definition) is 3. The van der Waals surface area contributed by atoms with Gasteiger partial charge in [-0.25, -0.2) is 0 Å². The summed E-state index contributed by atoms with van der Waals surface area (Å²) in [6, 6.07) is 4.03. The molecule has 2 rings (SSSR count). The fraction of sp³-hybridized carbons (Fsp3) is 0.692. The maximum Gasteiger partial charge on any atom is 0.103 e. The second-order valence-electron chi connectivity index (χ2n) is 4.95. The fourth-order valence-electron chi connectivity index (χ4n) is 2.71. The van der Waals surface area contributed by atoms with Crippen molar-refractivity contribution in [3.05, 3.63) is 24.2 Å². The van der Waals surface area contributed by atoms with Crippen molar-refractivity contribution in [3.8, 4) is 0 Å². The summed E-state index contributed by atoms with van der Waals surface area (Å²) in [5.41, 5.74) is 0.278. The van der Waals surface area contributed by atoms with Crippen molar-refractivity contribution in [1.29, 1.82) is 0 Å². The van der Waals surface area contributed by atoms with Crippen molar-refractivity contribution in [1.82, 2.24) is 10.2 Å². The molecule has 16 heavy (non-hydrogen) atoms. The van der Waals surface area contributed by atoms with Crippen LogP contribution in [0, 0.1) is 0 Å². The van der Waals surface area contributed by atoms with Crippen LogP contribution in [-0.4, -0.2) is 37.6 Å². The normalized spacial score (nSPS) is 27.1. The van der Waals surface area contributed by atoms with Gasteiger partial charge in [-0.1, -0.05) is 0 Å². The molecular formula is C13H22N2O. The first-order chi connectivity index (χ1) is 7.74. The molecule has 0 radical (unpaired) electrons. The van der Waals surface area contributed by atoms with Crippen molar-refractivity contribution >= 4 is 0 Å². The van der Waals surface area contributed by atoms with Crippen molar-refractivity contribution in [2.75, 3.05) is 27.2 Å². The first kappa shape index (κ1) is 11.7. The topological polar surface area (TPSA) is 28.4 Å². The Balaban J connectivity index is 1.93. The first-order valence-electron chi connectivity index (χ1n) is 6.14. The minimum Gasteiger partial charge on any atom is -0.469 e. The van der Waals surface area contributed by atoms with E-state index in [4.69, 9.17) is 4.42 Å². The fourth-order valence-corrected chi connectivity index (χ4v) is 2.71. The van der Waals surface area contributed by atoms with Gasteiger partial charge >= 0.3 is 0 Å². The highest BCUT2D eigenvalue weighted by Gasteiger charge is 2.32. The van der Waals surface area contributed by atoms with Crippen LogP contribution in [-0.2, 0) is 6.42 Å². The van der Waals surface area contributed by atoms with E-state index in [-0.39, 0.29) is 5.54 Å². The van der Waals surface area contributed by atoms with Gasteiger partial charge in [-0.05, 0) is 52.0 Å². The Morgan fingerprint density at radius 3 is 3.06 bits per heavy atom. The zero-order valence-electron chi connectivity index (χ0n) is 10.3. The van der Waals surface area contributed by atoms with Crippen LogP contribution >= 0.6 is 0 Å². The van der Waals surface area contributed by atoms with Crippen LogP contribution in [0.2, 0.25) is 0 Å². The van der Waals surface area contributed by atoms with Crippen molar-refractivity contribution in [2.45, 2.75) is 31.2 Å². The molecule has 0 spiro atoms. The standard InChI is InChI=1S/C13H22N2O/c1-14-13(7-4-9-15(2)11-13)8-6-12-5-3-10-16-12/h3,5,10,14H,4,6-9,11H2,1-2H3. The van der Waals surface area contributed by atoms with Gasteiger partial charge < -0.3 is 14.6 Å². The van der Waals surface area contributed by atoms with Gasteiger partial charge in [0.2, 0.25) is 0 Å². The van der Waals surface area contributed by atoms with Gasteiger partial charge in [0.1, 0.15) is 5.76 Å². The third-order valence-electron chi connectivity index (χ3n) is 3.73. The van der Waals surface area contributed by atoms with Crippen molar-refractivity contribution in [3.63, 3.8) is 0 Å². The zero-order chi connectivity index (χ0) is 11.4. The van der Waals surface area contributed by atoms with Crippen LogP contribution in [0.3, 0.4) is 0 Å². The number of nitrogens with zero attached hydrogens (tertiary/aromatic N) is 1. The summed E-state index contributed by atoms with van der Waals surface area (Å²) in [7, 11) is 4.29. The second kappa shape index (κ2) is 5.02. The van der Waals surface area contributed by atoms with Gasteiger partial charge in [0.05, 0.1) is 6.26 Å². The van der Waals surface area contributed by atoms with Crippen molar-refractivity contribution < 1.29 is 4.42 Å². The third kappa shape index (κ3) is 2.66. The largest absolute Gasteiger partial charge is 0.469 e. The molecule has 0 aromatic carbocycles. The maximum atomic E-state index is 5.40. The lowest BCUT2D eigenvalue weighted by Gasteiger charge is -2.41. The van der Waals surface area contributed by atoms with E-state index in [0.29, 0.717) is 0 Å². The molecule has 1 N–H and O–H groups in total. The maximum absolute atomic E-state index is 5.40. The zero-order valence-corrected chi connectivity index (χ0v) is 10.3. The summed E-state index contributed by atoms with van der Waals surface area (Å²) >= 11 is 0. The smallest absolute Gasteiger partial charge is 0.103 e. The first-order valence-corrected chi connectivity index (χ1v) is 6.14. The molecule has 1 aromatic rings. The average molecular weight is 222 g/mol. The van der Waals surface area contributed by atoms with E-state index in [0.717, 1.165) is 25.1 Å². The molecule has 1 aromatic heterocycles.